The number of nitrogens with zero attached hydrogens (tertiary/aromatic N) is 4. The van der Waals surface area contributed by atoms with Crippen molar-refractivity contribution in [2.45, 2.75) is 25.8 Å². The molecule has 0 bridgehead atoms. The standard InChI is InChI=1S/C21H22ClN7O2/c1-2-6-24-21(30)11-3-4-13-14(8-11)27-18(16(13)22)17-15-19(23)25-10-26-20(15)29(28-17)12-5-7-31-9-12/h3-4,8,10,12,27H,2,5-7,9H2,1H3,(H,24,30)(H2,23,25,26). The lowest BCUT2D eigenvalue weighted by Crippen LogP contribution is -2.23. The van der Waals surface area contributed by atoms with Gasteiger partial charge in [-0.15, -0.1) is 0 Å². The summed E-state index contributed by atoms with van der Waals surface area (Å²) in [6.45, 7) is 3.88. The van der Waals surface area contributed by atoms with Crippen LogP contribution < -0.4 is 11.1 Å². The van der Waals surface area contributed by atoms with Gasteiger partial charge in [0, 0.05) is 29.6 Å². The Bertz CT molecular complexity index is 1290. The van der Waals surface area contributed by atoms with Crippen molar-refractivity contribution in [3.05, 3.63) is 35.1 Å². The van der Waals surface area contributed by atoms with Crippen molar-refractivity contribution in [3.8, 4) is 11.4 Å². The molecule has 0 spiro atoms. The summed E-state index contributed by atoms with van der Waals surface area (Å²) in [5.74, 6) is 0.212. The number of rotatable bonds is 5. The first-order chi connectivity index (χ1) is 15.1. The average molecular weight is 440 g/mol. The third-order valence-corrected chi connectivity index (χ3v) is 5.93. The van der Waals surface area contributed by atoms with E-state index in [-0.39, 0.29) is 11.9 Å². The van der Waals surface area contributed by atoms with Gasteiger partial charge in [0.25, 0.3) is 5.91 Å². The van der Waals surface area contributed by atoms with E-state index in [0.717, 1.165) is 23.7 Å². The van der Waals surface area contributed by atoms with Crippen LogP contribution in [-0.4, -0.2) is 50.4 Å². The summed E-state index contributed by atoms with van der Waals surface area (Å²) in [6.07, 6.45) is 3.15. The first-order valence-corrected chi connectivity index (χ1v) is 10.6. The number of ether oxygens (including phenoxy) is 1. The van der Waals surface area contributed by atoms with Gasteiger partial charge in [-0.2, -0.15) is 5.10 Å². The maximum atomic E-state index is 12.4. The topological polar surface area (TPSA) is 124 Å². The molecule has 160 valence electrons. The first-order valence-electron chi connectivity index (χ1n) is 10.2. The molecule has 31 heavy (non-hydrogen) atoms. The Morgan fingerprint density at radius 1 is 1.42 bits per heavy atom. The zero-order chi connectivity index (χ0) is 21.5. The highest BCUT2D eigenvalue weighted by Gasteiger charge is 2.27. The van der Waals surface area contributed by atoms with E-state index in [1.54, 1.807) is 12.1 Å². The van der Waals surface area contributed by atoms with Crippen LogP contribution >= 0.6 is 11.6 Å². The van der Waals surface area contributed by atoms with Crippen molar-refractivity contribution in [1.82, 2.24) is 30.0 Å². The van der Waals surface area contributed by atoms with Crippen LogP contribution in [0.3, 0.4) is 0 Å². The molecule has 9 nitrogen and oxygen atoms in total. The number of aromatic amines is 1. The molecule has 1 aliphatic heterocycles. The van der Waals surface area contributed by atoms with Crippen LogP contribution in [0.25, 0.3) is 33.3 Å². The number of fused-ring (bicyclic) bond motifs is 2. The number of halogens is 1. The Morgan fingerprint density at radius 2 is 2.29 bits per heavy atom. The Kier molecular flexibility index (Phi) is 4.99. The Labute approximate surface area is 182 Å². The van der Waals surface area contributed by atoms with Crippen LogP contribution in [0, 0.1) is 0 Å². The number of benzene rings is 1. The molecular formula is C21H22ClN7O2. The highest BCUT2D eigenvalue weighted by Crippen LogP contribution is 2.39. The maximum Gasteiger partial charge on any atom is 0.251 e. The molecule has 10 heteroatoms. The summed E-state index contributed by atoms with van der Waals surface area (Å²) < 4.78 is 7.38. The summed E-state index contributed by atoms with van der Waals surface area (Å²) in [5.41, 5.74) is 9.36. The van der Waals surface area contributed by atoms with E-state index in [2.05, 4.69) is 20.3 Å². The second kappa shape index (κ2) is 7.82. The number of carbonyl (C=O) groups excluding carboxylic acids is 1. The van der Waals surface area contributed by atoms with Gasteiger partial charge in [0.1, 0.15) is 17.8 Å². The van der Waals surface area contributed by atoms with Gasteiger partial charge in [-0.05, 0) is 25.0 Å². The van der Waals surface area contributed by atoms with Crippen LogP contribution in [0.1, 0.15) is 36.2 Å². The van der Waals surface area contributed by atoms with Gasteiger partial charge < -0.3 is 20.8 Å². The molecule has 0 saturated carbocycles. The monoisotopic (exact) mass is 439 g/mol. The fraction of sp³-hybridized carbons (Fsp3) is 0.333. The van der Waals surface area contributed by atoms with Crippen molar-refractivity contribution in [2.24, 2.45) is 0 Å². The average Bonchev–Trinajstić information content (AvgIpc) is 3.50. The first kappa shape index (κ1) is 19.8. The normalized spacial score (nSPS) is 16.4. The third-order valence-electron chi connectivity index (χ3n) is 5.54. The van der Waals surface area contributed by atoms with Crippen LogP contribution in [0.2, 0.25) is 5.02 Å². The lowest BCUT2D eigenvalue weighted by Gasteiger charge is -2.08. The summed E-state index contributed by atoms with van der Waals surface area (Å²) in [5, 5.41) is 9.65. The van der Waals surface area contributed by atoms with Gasteiger partial charge >= 0.3 is 0 Å². The van der Waals surface area contributed by atoms with Gasteiger partial charge in [-0.3, -0.25) is 4.79 Å². The van der Waals surface area contributed by atoms with E-state index in [9.17, 15) is 4.79 Å². The number of carbonyl (C=O) groups is 1. The Balaban J connectivity index is 1.65. The molecule has 4 N–H and O–H groups in total. The third kappa shape index (κ3) is 3.30. The molecule has 0 radical (unpaired) electrons. The lowest BCUT2D eigenvalue weighted by molar-refractivity contribution is 0.0954. The maximum absolute atomic E-state index is 12.4. The molecule has 1 aliphatic rings. The van der Waals surface area contributed by atoms with Gasteiger partial charge in [0.05, 0.1) is 28.8 Å². The molecule has 1 amide bonds. The summed E-state index contributed by atoms with van der Waals surface area (Å²) in [6, 6.07) is 5.46. The van der Waals surface area contributed by atoms with E-state index in [1.165, 1.54) is 6.33 Å². The minimum absolute atomic E-state index is 0.0718. The molecule has 4 heterocycles. The zero-order valence-electron chi connectivity index (χ0n) is 17.0. The van der Waals surface area contributed by atoms with Crippen LogP contribution in [0.4, 0.5) is 5.82 Å². The number of hydrogen-bond acceptors (Lipinski definition) is 6. The smallest absolute Gasteiger partial charge is 0.251 e. The van der Waals surface area contributed by atoms with E-state index in [1.807, 2.05) is 17.7 Å². The molecule has 1 saturated heterocycles. The highest BCUT2D eigenvalue weighted by atomic mass is 35.5. The number of H-pyrrole nitrogens is 1. The Hall–Kier alpha value is -3.17. The molecule has 1 atom stereocenters. The molecule has 1 aromatic carbocycles. The van der Waals surface area contributed by atoms with Crippen molar-refractivity contribution >= 4 is 45.3 Å². The summed E-state index contributed by atoms with van der Waals surface area (Å²) >= 11 is 6.74. The Morgan fingerprint density at radius 3 is 3.06 bits per heavy atom. The predicted octanol–water partition coefficient (Wildman–Crippen LogP) is 3.31. The molecule has 4 aromatic rings. The molecule has 3 aromatic heterocycles. The molecule has 1 fully saturated rings. The van der Waals surface area contributed by atoms with Crippen LogP contribution in [0.15, 0.2) is 24.5 Å². The molecular weight excluding hydrogens is 418 g/mol. The number of amides is 1. The second-order valence-corrected chi connectivity index (χ2v) is 7.98. The van der Waals surface area contributed by atoms with Crippen molar-refractivity contribution < 1.29 is 9.53 Å². The van der Waals surface area contributed by atoms with Gasteiger partial charge in [0.15, 0.2) is 5.65 Å². The van der Waals surface area contributed by atoms with Gasteiger partial charge in [-0.1, -0.05) is 24.6 Å². The zero-order valence-corrected chi connectivity index (χ0v) is 17.7. The number of hydrogen-bond donors (Lipinski definition) is 3. The molecule has 5 rings (SSSR count). The summed E-state index contributed by atoms with van der Waals surface area (Å²) in [7, 11) is 0. The minimum Gasteiger partial charge on any atom is -0.383 e. The van der Waals surface area contributed by atoms with Gasteiger partial charge in [0.2, 0.25) is 0 Å². The molecule has 0 aliphatic carbocycles. The van der Waals surface area contributed by atoms with Gasteiger partial charge in [-0.25, -0.2) is 14.6 Å². The number of nitrogens with two attached hydrogens (primary N) is 1. The fourth-order valence-corrected chi connectivity index (χ4v) is 4.25. The van der Waals surface area contributed by atoms with Crippen molar-refractivity contribution in [2.75, 3.05) is 25.5 Å². The number of aromatic nitrogens is 5. The minimum atomic E-state index is -0.121. The quantitative estimate of drug-likeness (QED) is 0.438. The number of nitrogen functional groups attached to an aromatic ring is 1. The van der Waals surface area contributed by atoms with E-state index < -0.39 is 0 Å². The largest absolute Gasteiger partial charge is 0.383 e. The SMILES string of the molecule is CCCNC(=O)c1ccc2c(Cl)c(-c3nn(C4CCOC4)c4ncnc(N)c34)[nH]c2c1. The lowest BCUT2D eigenvalue weighted by atomic mass is 10.1. The van der Waals surface area contributed by atoms with E-state index >= 15 is 0 Å². The van der Waals surface area contributed by atoms with E-state index in [0.29, 0.717) is 58.6 Å². The van der Waals surface area contributed by atoms with Crippen molar-refractivity contribution in [3.63, 3.8) is 0 Å². The second-order valence-electron chi connectivity index (χ2n) is 7.60. The van der Waals surface area contributed by atoms with Crippen LogP contribution in [0.5, 0.6) is 0 Å². The fourth-order valence-electron chi connectivity index (χ4n) is 3.95. The highest BCUT2D eigenvalue weighted by molar-refractivity contribution is 6.38. The predicted molar refractivity (Wildman–Crippen MR) is 119 cm³/mol. The molecule has 1 unspecified atom stereocenters. The van der Waals surface area contributed by atoms with E-state index in [4.69, 9.17) is 27.2 Å². The summed E-state index contributed by atoms with van der Waals surface area (Å²) in [4.78, 5) is 24.3. The van der Waals surface area contributed by atoms with Crippen molar-refractivity contribution in [1.29, 1.82) is 0 Å². The number of anilines is 1. The van der Waals surface area contributed by atoms with Crippen LogP contribution in [-0.2, 0) is 4.74 Å². The number of nitrogens with one attached hydrogen (secondary N) is 2.